The molecule has 0 saturated carbocycles. The van der Waals surface area contributed by atoms with Crippen molar-refractivity contribution in [2.45, 2.75) is 19.6 Å². The van der Waals surface area contributed by atoms with Gasteiger partial charge in [0.1, 0.15) is 5.75 Å². The van der Waals surface area contributed by atoms with E-state index >= 15 is 0 Å². The first-order valence-electron chi connectivity index (χ1n) is 9.91. The summed E-state index contributed by atoms with van der Waals surface area (Å²) in [6.45, 7) is 2.41. The Balaban J connectivity index is 1.30. The Hall–Kier alpha value is -3.08. The van der Waals surface area contributed by atoms with Crippen LogP contribution in [0.25, 0.3) is 10.9 Å². The molecule has 1 heterocycles. The van der Waals surface area contributed by atoms with Crippen molar-refractivity contribution in [3.05, 3.63) is 101 Å². The molecule has 0 radical (unpaired) electrons. The van der Waals surface area contributed by atoms with Gasteiger partial charge in [-0.05, 0) is 53.1 Å². The third-order valence-electron chi connectivity index (χ3n) is 5.03. The van der Waals surface area contributed by atoms with Gasteiger partial charge in [0, 0.05) is 41.9 Å². The molecule has 0 fully saturated rings. The minimum atomic E-state index is 0.698. The smallest absolute Gasteiger partial charge is 0.118 e. The van der Waals surface area contributed by atoms with Crippen LogP contribution in [0.4, 0.5) is 5.69 Å². The summed E-state index contributed by atoms with van der Waals surface area (Å²) in [5.41, 5.74) is 5.68. The van der Waals surface area contributed by atoms with Gasteiger partial charge < -0.3 is 15.4 Å². The maximum Gasteiger partial charge on any atom is 0.118 e. The summed E-state index contributed by atoms with van der Waals surface area (Å²) in [7, 11) is 1.68. The number of aromatic nitrogens is 1. The van der Waals surface area contributed by atoms with Crippen LogP contribution < -0.4 is 15.4 Å². The van der Waals surface area contributed by atoms with Crippen molar-refractivity contribution in [2.24, 2.45) is 0 Å². The lowest BCUT2D eigenvalue weighted by Gasteiger charge is -2.11. The van der Waals surface area contributed by atoms with Crippen LogP contribution >= 0.6 is 11.6 Å². The van der Waals surface area contributed by atoms with Gasteiger partial charge in [-0.15, -0.1) is 0 Å². The quantitative estimate of drug-likeness (QED) is 0.380. The number of nitrogens with zero attached hydrogens (tertiary/aromatic N) is 1. The van der Waals surface area contributed by atoms with E-state index in [1.807, 2.05) is 36.4 Å². The first kappa shape index (κ1) is 20.2. The Bertz CT molecular complexity index is 1110. The summed E-state index contributed by atoms with van der Waals surface area (Å²) >= 11 is 6.07. The Morgan fingerprint density at radius 1 is 0.800 bits per heavy atom. The third kappa shape index (κ3) is 5.09. The van der Waals surface area contributed by atoms with Gasteiger partial charge in [-0.2, -0.15) is 0 Å². The lowest BCUT2D eigenvalue weighted by atomic mass is 10.1. The third-order valence-corrected chi connectivity index (χ3v) is 5.26. The molecule has 4 rings (SSSR count). The van der Waals surface area contributed by atoms with Crippen molar-refractivity contribution in [3.8, 4) is 5.75 Å². The molecule has 0 spiro atoms. The van der Waals surface area contributed by atoms with Gasteiger partial charge in [0.05, 0.1) is 12.6 Å². The predicted octanol–water partition coefficient (Wildman–Crippen LogP) is 5.80. The van der Waals surface area contributed by atoms with E-state index in [1.165, 1.54) is 16.7 Å². The van der Waals surface area contributed by atoms with Gasteiger partial charge in [-0.25, -0.2) is 0 Å². The zero-order valence-corrected chi connectivity index (χ0v) is 17.6. The molecule has 2 N–H and O–H groups in total. The standard InChI is InChI=1S/C25H24ClN3O/c1-30-22-9-6-19(7-10-22)16-27-15-18-2-4-20(5-3-18)17-29-24-12-13-28-25-14-21(26)8-11-23(24)25/h2-14,27H,15-17H2,1H3,(H,28,29). The molecule has 30 heavy (non-hydrogen) atoms. The van der Waals surface area contributed by atoms with Crippen LogP contribution in [0.15, 0.2) is 79.0 Å². The van der Waals surface area contributed by atoms with Crippen molar-refractivity contribution in [1.82, 2.24) is 10.3 Å². The molecule has 0 unspecified atom stereocenters. The van der Waals surface area contributed by atoms with E-state index in [1.54, 1.807) is 13.3 Å². The Morgan fingerprint density at radius 3 is 2.10 bits per heavy atom. The lowest BCUT2D eigenvalue weighted by molar-refractivity contribution is 0.414. The normalized spacial score (nSPS) is 10.9. The van der Waals surface area contributed by atoms with Gasteiger partial charge in [-0.3, -0.25) is 4.98 Å². The zero-order chi connectivity index (χ0) is 20.8. The van der Waals surface area contributed by atoms with Gasteiger partial charge in [-0.1, -0.05) is 48.0 Å². The number of hydrogen-bond donors (Lipinski definition) is 2. The Labute approximate surface area is 181 Å². The highest BCUT2D eigenvalue weighted by atomic mass is 35.5. The topological polar surface area (TPSA) is 46.2 Å². The summed E-state index contributed by atoms with van der Waals surface area (Å²) < 4.78 is 5.19. The van der Waals surface area contributed by atoms with E-state index in [0.717, 1.165) is 42.0 Å². The number of ether oxygens (including phenoxy) is 1. The van der Waals surface area contributed by atoms with Crippen LogP contribution in [-0.2, 0) is 19.6 Å². The van der Waals surface area contributed by atoms with Crippen molar-refractivity contribution in [1.29, 1.82) is 0 Å². The SMILES string of the molecule is COc1ccc(CNCc2ccc(CNc3ccnc4cc(Cl)ccc34)cc2)cc1. The van der Waals surface area contributed by atoms with E-state index < -0.39 is 0 Å². The number of pyridine rings is 1. The second-order valence-corrected chi connectivity index (χ2v) is 7.58. The fourth-order valence-corrected chi connectivity index (χ4v) is 3.51. The molecule has 0 aliphatic rings. The van der Waals surface area contributed by atoms with Crippen LogP contribution in [0.1, 0.15) is 16.7 Å². The van der Waals surface area contributed by atoms with Crippen molar-refractivity contribution >= 4 is 28.2 Å². The summed E-state index contributed by atoms with van der Waals surface area (Å²) in [6, 6.07) is 24.6. The number of benzene rings is 3. The summed E-state index contributed by atoms with van der Waals surface area (Å²) in [4.78, 5) is 4.39. The molecule has 0 saturated heterocycles. The molecular weight excluding hydrogens is 394 g/mol. The van der Waals surface area contributed by atoms with Crippen LogP contribution in [0.3, 0.4) is 0 Å². The second-order valence-electron chi connectivity index (χ2n) is 7.14. The molecule has 0 aliphatic carbocycles. The number of methoxy groups -OCH3 is 1. The van der Waals surface area contributed by atoms with Gasteiger partial charge in [0.15, 0.2) is 0 Å². The lowest BCUT2D eigenvalue weighted by Crippen LogP contribution is -2.12. The number of rotatable bonds is 8. The van der Waals surface area contributed by atoms with Crippen LogP contribution in [-0.4, -0.2) is 12.1 Å². The summed E-state index contributed by atoms with van der Waals surface area (Å²) in [5, 5.41) is 8.76. The first-order valence-corrected chi connectivity index (χ1v) is 10.3. The molecule has 0 bridgehead atoms. The van der Waals surface area contributed by atoms with E-state index in [4.69, 9.17) is 16.3 Å². The molecule has 3 aromatic carbocycles. The maximum atomic E-state index is 6.07. The second kappa shape index (κ2) is 9.61. The van der Waals surface area contributed by atoms with Crippen molar-refractivity contribution < 1.29 is 4.74 Å². The molecule has 0 amide bonds. The van der Waals surface area contributed by atoms with Crippen LogP contribution in [0.5, 0.6) is 5.75 Å². The zero-order valence-electron chi connectivity index (χ0n) is 16.9. The minimum absolute atomic E-state index is 0.698. The van der Waals surface area contributed by atoms with E-state index in [-0.39, 0.29) is 0 Å². The number of halogens is 1. The van der Waals surface area contributed by atoms with E-state index in [2.05, 4.69) is 52.0 Å². The predicted molar refractivity (Wildman–Crippen MR) is 124 cm³/mol. The maximum absolute atomic E-state index is 6.07. The molecule has 4 aromatic rings. The summed E-state index contributed by atoms with van der Waals surface area (Å²) in [6.07, 6.45) is 1.80. The number of anilines is 1. The van der Waals surface area contributed by atoms with Crippen molar-refractivity contribution in [2.75, 3.05) is 12.4 Å². The minimum Gasteiger partial charge on any atom is -0.497 e. The largest absolute Gasteiger partial charge is 0.497 e. The molecular formula is C25H24ClN3O. The molecule has 4 nitrogen and oxygen atoms in total. The summed E-state index contributed by atoms with van der Waals surface area (Å²) in [5.74, 6) is 0.881. The molecule has 1 aromatic heterocycles. The Morgan fingerprint density at radius 2 is 1.43 bits per heavy atom. The average molecular weight is 418 g/mol. The van der Waals surface area contributed by atoms with Crippen molar-refractivity contribution in [3.63, 3.8) is 0 Å². The first-order chi connectivity index (χ1) is 14.7. The number of fused-ring (bicyclic) bond motifs is 1. The van der Waals surface area contributed by atoms with Gasteiger partial charge >= 0.3 is 0 Å². The molecule has 0 atom stereocenters. The van der Waals surface area contributed by atoms with E-state index in [0.29, 0.717) is 5.02 Å². The van der Waals surface area contributed by atoms with Crippen LogP contribution in [0.2, 0.25) is 5.02 Å². The molecule has 5 heteroatoms. The highest BCUT2D eigenvalue weighted by Gasteiger charge is 2.03. The fourth-order valence-electron chi connectivity index (χ4n) is 3.34. The highest BCUT2D eigenvalue weighted by Crippen LogP contribution is 2.24. The van der Waals surface area contributed by atoms with Crippen LogP contribution in [0, 0.1) is 0 Å². The fraction of sp³-hybridized carbons (Fsp3) is 0.160. The van der Waals surface area contributed by atoms with E-state index in [9.17, 15) is 0 Å². The average Bonchev–Trinajstić information content (AvgIpc) is 2.78. The molecule has 152 valence electrons. The van der Waals surface area contributed by atoms with Gasteiger partial charge in [0.2, 0.25) is 0 Å². The highest BCUT2D eigenvalue weighted by molar-refractivity contribution is 6.31. The monoisotopic (exact) mass is 417 g/mol. The molecule has 0 aliphatic heterocycles. The number of nitrogens with one attached hydrogen (secondary N) is 2. The van der Waals surface area contributed by atoms with Gasteiger partial charge in [0.25, 0.3) is 0 Å². The number of hydrogen-bond acceptors (Lipinski definition) is 4. The Kier molecular flexibility index (Phi) is 6.47.